The normalized spacial score (nSPS) is 15.2. The first-order chi connectivity index (χ1) is 14.0. The average molecular weight is 407 g/mol. The molecule has 0 heterocycles. The van der Waals surface area contributed by atoms with E-state index in [1.807, 2.05) is 6.07 Å². The molecule has 1 fully saturated rings. The van der Waals surface area contributed by atoms with Gasteiger partial charge in [-0.25, -0.2) is 4.39 Å². The SMILES string of the molecule is CN=C(NCc1ccc(OC)c(OC(F)F)c1)NCC1(c2cccc(F)c2)CC1. The lowest BCUT2D eigenvalue weighted by atomic mass is 9.96. The molecule has 8 heteroatoms. The zero-order valence-electron chi connectivity index (χ0n) is 16.3. The molecule has 0 radical (unpaired) electrons. The highest BCUT2D eigenvalue weighted by atomic mass is 19.3. The first-order valence-corrected chi connectivity index (χ1v) is 9.28. The van der Waals surface area contributed by atoms with Crippen molar-refractivity contribution >= 4 is 5.96 Å². The van der Waals surface area contributed by atoms with Gasteiger partial charge < -0.3 is 20.1 Å². The Balaban J connectivity index is 1.58. The van der Waals surface area contributed by atoms with Crippen molar-refractivity contribution in [3.05, 3.63) is 59.4 Å². The molecule has 0 saturated heterocycles. The summed E-state index contributed by atoms with van der Waals surface area (Å²) in [7, 11) is 3.04. The van der Waals surface area contributed by atoms with Crippen LogP contribution < -0.4 is 20.1 Å². The zero-order chi connectivity index (χ0) is 20.9. The van der Waals surface area contributed by atoms with Crippen molar-refractivity contribution in [2.75, 3.05) is 20.7 Å². The maximum Gasteiger partial charge on any atom is 0.387 e. The van der Waals surface area contributed by atoms with Gasteiger partial charge in [-0.1, -0.05) is 18.2 Å². The van der Waals surface area contributed by atoms with E-state index in [-0.39, 0.29) is 22.7 Å². The molecule has 1 saturated carbocycles. The van der Waals surface area contributed by atoms with Gasteiger partial charge in [0.2, 0.25) is 0 Å². The summed E-state index contributed by atoms with van der Waals surface area (Å²) in [4.78, 5) is 4.19. The van der Waals surface area contributed by atoms with Gasteiger partial charge in [0.15, 0.2) is 17.5 Å². The summed E-state index contributed by atoms with van der Waals surface area (Å²) in [5.74, 6) is 0.549. The summed E-state index contributed by atoms with van der Waals surface area (Å²) in [5, 5.41) is 6.42. The van der Waals surface area contributed by atoms with Crippen molar-refractivity contribution in [2.45, 2.75) is 31.4 Å². The number of rotatable bonds is 8. The van der Waals surface area contributed by atoms with E-state index in [9.17, 15) is 13.2 Å². The van der Waals surface area contributed by atoms with Crippen molar-refractivity contribution in [2.24, 2.45) is 4.99 Å². The van der Waals surface area contributed by atoms with E-state index in [4.69, 9.17) is 4.74 Å². The van der Waals surface area contributed by atoms with Crippen molar-refractivity contribution < 1.29 is 22.6 Å². The predicted molar refractivity (Wildman–Crippen MR) is 105 cm³/mol. The molecule has 0 amide bonds. The van der Waals surface area contributed by atoms with Crippen LogP contribution in [-0.2, 0) is 12.0 Å². The molecule has 2 N–H and O–H groups in total. The van der Waals surface area contributed by atoms with Gasteiger partial charge in [0.25, 0.3) is 0 Å². The molecule has 5 nitrogen and oxygen atoms in total. The number of halogens is 3. The molecule has 0 bridgehead atoms. The first-order valence-electron chi connectivity index (χ1n) is 9.28. The van der Waals surface area contributed by atoms with E-state index in [2.05, 4.69) is 20.4 Å². The fourth-order valence-corrected chi connectivity index (χ4v) is 3.22. The van der Waals surface area contributed by atoms with Crippen LogP contribution in [-0.4, -0.2) is 33.3 Å². The summed E-state index contributed by atoms with van der Waals surface area (Å²) in [6.07, 6.45) is 1.96. The van der Waals surface area contributed by atoms with E-state index in [0.717, 1.165) is 24.0 Å². The Morgan fingerprint density at radius 3 is 2.55 bits per heavy atom. The molecule has 0 unspecified atom stereocenters. The van der Waals surface area contributed by atoms with Gasteiger partial charge in [-0.3, -0.25) is 4.99 Å². The van der Waals surface area contributed by atoms with Crippen molar-refractivity contribution in [3.63, 3.8) is 0 Å². The molecule has 0 spiro atoms. The van der Waals surface area contributed by atoms with Crippen LogP contribution in [0.1, 0.15) is 24.0 Å². The molecule has 1 aliphatic rings. The second-order valence-corrected chi connectivity index (χ2v) is 6.93. The molecule has 29 heavy (non-hydrogen) atoms. The molecule has 0 atom stereocenters. The number of methoxy groups -OCH3 is 1. The Kier molecular flexibility index (Phi) is 6.51. The van der Waals surface area contributed by atoms with Crippen LogP contribution in [0.4, 0.5) is 13.2 Å². The van der Waals surface area contributed by atoms with Gasteiger partial charge in [-0.15, -0.1) is 0 Å². The summed E-state index contributed by atoms with van der Waals surface area (Å²) >= 11 is 0. The molecular weight excluding hydrogens is 383 g/mol. The Labute approximate surface area is 167 Å². The van der Waals surface area contributed by atoms with Gasteiger partial charge in [0.05, 0.1) is 7.11 Å². The lowest BCUT2D eigenvalue weighted by Gasteiger charge is -2.19. The Morgan fingerprint density at radius 1 is 1.14 bits per heavy atom. The number of nitrogens with zero attached hydrogens (tertiary/aromatic N) is 1. The minimum Gasteiger partial charge on any atom is -0.493 e. The van der Waals surface area contributed by atoms with E-state index < -0.39 is 6.61 Å². The fourth-order valence-electron chi connectivity index (χ4n) is 3.22. The van der Waals surface area contributed by atoms with Gasteiger partial charge in [-0.05, 0) is 48.2 Å². The Morgan fingerprint density at radius 2 is 1.93 bits per heavy atom. The molecule has 2 aromatic carbocycles. The largest absolute Gasteiger partial charge is 0.493 e. The van der Waals surface area contributed by atoms with Crippen LogP contribution in [0.25, 0.3) is 0 Å². The molecule has 0 aliphatic heterocycles. The van der Waals surface area contributed by atoms with Crippen LogP contribution in [0.5, 0.6) is 11.5 Å². The fraction of sp³-hybridized carbons (Fsp3) is 0.381. The van der Waals surface area contributed by atoms with Gasteiger partial charge >= 0.3 is 6.61 Å². The molecule has 0 aromatic heterocycles. The van der Waals surface area contributed by atoms with Crippen LogP contribution in [0.15, 0.2) is 47.5 Å². The van der Waals surface area contributed by atoms with Crippen LogP contribution in [0.2, 0.25) is 0 Å². The minimum absolute atomic E-state index is 0.0206. The van der Waals surface area contributed by atoms with Crippen molar-refractivity contribution in [3.8, 4) is 11.5 Å². The predicted octanol–water partition coefficient (Wildman–Crippen LogP) is 3.83. The third kappa shape index (κ3) is 5.34. The van der Waals surface area contributed by atoms with E-state index in [0.29, 0.717) is 19.0 Å². The summed E-state index contributed by atoms with van der Waals surface area (Å²) in [6, 6.07) is 11.5. The average Bonchev–Trinajstić information content (AvgIpc) is 3.49. The van der Waals surface area contributed by atoms with E-state index in [1.54, 1.807) is 31.3 Å². The van der Waals surface area contributed by atoms with Gasteiger partial charge in [0.1, 0.15) is 5.82 Å². The van der Waals surface area contributed by atoms with Gasteiger partial charge in [-0.2, -0.15) is 8.78 Å². The maximum atomic E-state index is 13.5. The summed E-state index contributed by atoms with van der Waals surface area (Å²) in [6.45, 7) is -1.95. The lowest BCUT2D eigenvalue weighted by molar-refractivity contribution is -0.0512. The third-order valence-electron chi connectivity index (χ3n) is 5.01. The third-order valence-corrected chi connectivity index (χ3v) is 5.01. The molecule has 156 valence electrons. The number of alkyl halides is 2. The number of ether oxygens (including phenoxy) is 2. The highest BCUT2D eigenvalue weighted by Gasteiger charge is 2.44. The maximum absolute atomic E-state index is 13.5. The zero-order valence-corrected chi connectivity index (χ0v) is 16.3. The molecular formula is C21H24F3N3O2. The number of hydrogen-bond donors (Lipinski definition) is 2. The van der Waals surface area contributed by atoms with Crippen molar-refractivity contribution in [1.82, 2.24) is 10.6 Å². The Hall–Kier alpha value is -2.90. The van der Waals surface area contributed by atoms with Crippen molar-refractivity contribution in [1.29, 1.82) is 0 Å². The summed E-state index contributed by atoms with van der Waals surface area (Å²) < 4.78 is 48.2. The Bertz CT molecular complexity index is 870. The van der Waals surface area contributed by atoms with Crippen LogP contribution >= 0.6 is 0 Å². The van der Waals surface area contributed by atoms with Crippen LogP contribution in [0, 0.1) is 5.82 Å². The lowest BCUT2D eigenvalue weighted by Crippen LogP contribution is -2.40. The monoisotopic (exact) mass is 407 g/mol. The standard InChI is InChI=1S/C21H24F3N3O2/c1-25-20(27-13-21(8-9-21)15-4-3-5-16(22)11-15)26-12-14-6-7-17(28-2)18(10-14)29-19(23)24/h3-7,10-11,19H,8-9,12-13H2,1-2H3,(H2,25,26,27). The van der Waals surface area contributed by atoms with E-state index >= 15 is 0 Å². The van der Waals surface area contributed by atoms with Crippen LogP contribution in [0.3, 0.4) is 0 Å². The van der Waals surface area contributed by atoms with E-state index in [1.165, 1.54) is 19.2 Å². The minimum atomic E-state index is -2.93. The molecule has 2 aromatic rings. The number of guanidine groups is 1. The number of benzene rings is 2. The second-order valence-electron chi connectivity index (χ2n) is 6.93. The molecule has 1 aliphatic carbocycles. The smallest absolute Gasteiger partial charge is 0.387 e. The number of nitrogens with one attached hydrogen (secondary N) is 2. The molecule has 3 rings (SSSR count). The highest BCUT2D eigenvalue weighted by molar-refractivity contribution is 5.79. The number of hydrogen-bond acceptors (Lipinski definition) is 3. The van der Waals surface area contributed by atoms with Gasteiger partial charge in [0, 0.05) is 25.6 Å². The topological polar surface area (TPSA) is 54.9 Å². The summed E-state index contributed by atoms with van der Waals surface area (Å²) in [5.41, 5.74) is 1.62. The first kappa shape index (κ1) is 20.8. The quantitative estimate of drug-likeness (QED) is 0.516. The second kappa shape index (κ2) is 9.07. The highest BCUT2D eigenvalue weighted by Crippen LogP contribution is 2.47. The number of aliphatic imine (C=N–C) groups is 1.